The Morgan fingerprint density at radius 3 is 2.43 bits per heavy atom. The van der Waals surface area contributed by atoms with Crippen molar-refractivity contribution in [3.05, 3.63) is 76.6 Å². The Kier molecular flexibility index (Phi) is 11.9. The predicted molar refractivity (Wildman–Crippen MR) is 224 cm³/mol. The lowest BCUT2D eigenvalue weighted by atomic mass is 10.0. The number of nitrogens with zero attached hydrogens (tertiary/aromatic N) is 5. The number of piperazine rings is 1. The van der Waals surface area contributed by atoms with E-state index in [9.17, 15) is 28.8 Å². The predicted octanol–water partition coefficient (Wildman–Crippen LogP) is 5.70. The first-order chi connectivity index (χ1) is 27.6. The van der Waals surface area contributed by atoms with Crippen LogP contribution in [0.5, 0.6) is 5.75 Å². The third-order valence-corrected chi connectivity index (χ3v) is 12.2. The van der Waals surface area contributed by atoms with Gasteiger partial charge in [-0.2, -0.15) is 5.26 Å². The van der Waals surface area contributed by atoms with Crippen molar-refractivity contribution in [1.29, 1.82) is 5.26 Å². The number of halogens is 2. The molecule has 306 valence electrons. The zero-order valence-corrected chi connectivity index (χ0v) is 34.6. The van der Waals surface area contributed by atoms with Gasteiger partial charge in [-0.05, 0) is 113 Å². The molecule has 3 N–H and O–H groups in total. The van der Waals surface area contributed by atoms with Gasteiger partial charge in [0.15, 0.2) is 5.50 Å². The van der Waals surface area contributed by atoms with Crippen molar-refractivity contribution >= 4 is 70.6 Å². The second kappa shape index (κ2) is 16.8. The normalized spacial score (nSPS) is 23.7. The van der Waals surface area contributed by atoms with Crippen molar-refractivity contribution in [1.82, 2.24) is 15.1 Å². The number of carbonyl (C=O) groups excluding carboxylic acids is 4. The average Bonchev–Trinajstić information content (AvgIpc) is 4.00. The van der Waals surface area contributed by atoms with Crippen molar-refractivity contribution in [3.8, 4) is 11.8 Å². The van der Waals surface area contributed by atoms with Gasteiger partial charge >= 0.3 is 0 Å². The molecule has 0 aromatic heterocycles. The molecule has 4 aliphatic rings. The molecule has 0 radical (unpaired) electrons. The standard InChI is InChI=1S/C42H48ClFN8O5S/c1-24-21-49(22-25(2)50(24)23-38(54)47-35-17-28(8-11-33(35)44)46-34-12-14-37(53)48-39(34)55)15-16-57-36-13-10-30(18-31(36)26-5-6-26)52-41(58)51(40(56)42(52,3)4)29-9-7-27(20-45)32(43)19-29/h7-11,13,17-19,24-26,34,41,46,58H,5-6,12,14-16,21-23H2,1-4H3,(H,47,54)(H,48,53,55)/t24-,25+,34?,41?. The molecule has 4 atom stereocenters. The fourth-order valence-corrected chi connectivity index (χ4v) is 9.11. The number of imide groups is 1. The first-order valence-electron chi connectivity index (χ1n) is 19.6. The Hall–Kier alpha value is -4.88. The van der Waals surface area contributed by atoms with Crippen LogP contribution in [0.15, 0.2) is 54.6 Å². The molecule has 0 bridgehead atoms. The minimum atomic E-state index is -0.912. The third-order valence-electron chi connectivity index (χ3n) is 11.4. The average molecular weight is 831 g/mol. The molecule has 0 spiro atoms. The Morgan fingerprint density at radius 1 is 1.03 bits per heavy atom. The molecule has 3 aromatic rings. The number of anilines is 4. The van der Waals surface area contributed by atoms with Gasteiger partial charge in [0.25, 0.3) is 5.91 Å². The molecular weight excluding hydrogens is 783 g/mol. The Balaban J connectivity index is 0.937. The van der Waals surface area contributed by atoms with E-state index in [2.05, 4.69) is 51.7 Å². The molecule has 3 aromatic carbocycles. The molecule has 4 fully saturated rings. The van der Waals surface area contributed by atoms with Gasteiger partial charge in [-0.15, -0.1) is 12.6 Å². The van der Waals surface area contributed by atoms with Crippen LogP contribution in [0.25, 0.3) is 0 Å². The Bertz CT molecular complexity index is 2150. The van der Waals surface area contributed by atoms with Crippen LogP contribution in [0, 0.1) is 17.1 Å². The molecule has 3 saturated heterocycles. The van der Waals surface area contributed by atoms with Crippen LogP contribution >= 0.6 is 24.2 Å². The van der Waals surface area contributed by atoms with Gasteiger partial charge in [-0.25, -0.2) is 4.39 Å². The summed E-state index contributed by atoms with van der Waals surface area (Å²) in [6.45, 7) is 10.6. The maximum Gasteiger partial charge on any atom is 0.254 e. The zero-order valence-electron chi connectivity index (χ0n) is 32.9. The summed E-state index contributed by atoms with van der Waals surface area (Å²) in [7, 11) is 0. The number of nitrogens with one attached hydrogen (secondary N) is 3. The molecule has 3 aliphatic heterocycles. The number of piperidine rings is 1. The van der Waals surface area contributed by atoms with Gasteiger partial charge in [0.1, 0.15) is 35.8 Å². The van der Waals surface area contributed by atoms with Crippen molar-refractivity contribution < 1.29 is 28.3 Å². The molecule has 13 nitrogen and oxygen atoms in total. The van der Waals surface area contributed by atoms with Gasteiger partial charge in [0.2, 0.25) is 17.7 Å². The first-order valence-corrected chi connectivity index (χ1v) is 20.5. The molecule has 4 amide bonds. The molecule has 1 saturated carbocycles. The van der Waals surface area contributed by atoms with Crippen LogP contribution in [0.3, 0.4) is 0 Å². The van der Waals surface area contributed by atoms with Crippen molar-refractivity contribution in [3.63, 3.8) is 0 Å². The summed E-state index contributed by atoms with van der Waals surface area (Å²) in [5, 5.41) is 17.6. The van der Waals surface area contributed by atoms with E-state index in [0.29, 0.717) is 42.4 Å². The van der Waals surface area contributed by atoms with Gasteiger partial charge < -0.3 is 20.3 Å². The second-order valence-corrected chi connectivity index (χ2v) is 17.0. The van der Waals surface area contributed by atoms with E-state index in [0.717, 1.165) is 42.9 Å². The lowest BCUT2D eigenvalue weighted by Gasteiger charge is -2.44. The second-order valence-electron chi connectivity index (χ2n) is 16.1. The number of ether oxygens (including phenoxy) is 1. The van der Waals surface area contributed by atoms with Crippen LogP contribution in [0.2, 0.25) is 5.02 Å². The number of nitriles is 1. The fraction of sp³-hybridized carbons (Fsp3) is 0.452. The number of amides is 4. The molecule has 7 rings (SSSR count). The van der Waals surface area contributed by atoms with E-state index in [1.54, 1.807) is 23.1 Å². The van der Waals surface area contributed by atoms with Gasteiger partial charge in [0, 0.05) is 55.2 Å². The maximum atomic E-state index is 14.8. The van der Waals surface area contributed by atoms with Gasteiger partial charge in [-0.1, -0.05) is 11.6 Å². The molecular formula is C42H48ClFN8O5S. The smallest absolute Gasteiger partial charge is 0.254 e. The number of hydrogen-bond acceptors (Lipinski definition) is 11. The molecule has 58 heavy (non-hydrogen) atoms. The van der Waals surface area contributed by atoms with Crippen LogP contribution in [0.1, 0.15) is 70.4 Å². The monoisotopic (exact) mass is 830 g/mol. The molecule has 2 unspecified atom stereocenters. The van der Waals surface area contributed by atoms with Crippen LogP contribution in [-0.2, 0) is 19.2 Å². The lowest BCUT2D eigenvalue weighted by Crippen LogP contribution is -2.58. The highest BCUT2D eigenvalue weighted by Crippen LogP contribution is 2.48. The maximum absolute atomic E-state index is 14.8. The highest BCUT2D eigenvalue weighted by molar-refractivity contribution is 7.81. The largest absolute Gasteiger partial charge is 0.492 e. The number of benzene rings is 3. The van der Waals surface area contributed by atoms with E-state index in [1.165, 1.54) is 18.2 Å². The van der Waals surface area contributed by atoms with E-state index in [1.807, 2.05) is 30.9 Å². The van der Waals surface area contributed by atoms with E-state index >= 15 is 0 Å². The minimum Gasteiger partial charge on any atom is -0.492 e. The third kappa shape index (κ3) is 8.61. The van der Waals surface area contributed by atoms with E-state index in [4.69, 9.17) is 29.0 Å². The van der Waals surface area contributed by atoms with Gasteiger partial charge in [0.05, 0.1) is 22.8 Å². The summed E-state index contributed by atoms with van der Waals surface area (Å²) in [5.41, 5.74) is 1.81. The van der Waals surface area contributed by atoms with Crippen molar-refractivity contribution in [2.75, 3.05) is 53.2 Å². The van der Waals surface area contributed by atoms with Gasteiger partial charge in [-0.3, -0.25) is 39.2 Å². The van der Waals surface area contributed by atoms with Crippen LogP contribution < -0.4 is 30.5 Å². The topological polar surface area (TPSA) is 150 Å². The Morgan fingerprint density at radius 2 is 1.76 bits per heavy atom. The summed E-state index contributed by atoms with van der Waals surface area (Å²) in [5.74, 6) is -0.642. The van der Waals surface area contributed by atoms with Crippen LogP contribution in [-0.4, -0.2) is 95.4 Å². The fourth-order valence-electron chi connectivity index (χ4n) is 8.23. The highest BCUT2D eigenvalue weighted by Gasteiger charge is 2.51. The number of carbonyl (C=O) groups is 4. The SMILES string of the molecule is C[C@@H]1CN(CCOc2ccc(N3C(S)N(c4ccc(C#N)c(Cl)c4)C(=O)C3(C)C)cc2C2CC2)C[C@H](C)N1CC(=O)Nc1cc(NC2CCC(=O)NC2=O)ccc1F. The highest BCUT2D eigenvalue weighted by atomic mass is 35.5. The molecule has 16 heteroatoms. The summed E-state index contributed by atoms with van der Waals surface area (Å²) in [6.07, 6.45) is 2.65. The zero-order chi connectivity index (χ0) is 41.5. The van der Waals surface area contributed by atoms with Crippen LogP contribution in [0.4, 0.5) is 27.1 Å². The van der Waals surface area contributed by atoms with Crippen molar-refractivity contribution in [2.45, 2.75) is 88.5 Å². The van der Waals surface area contributed by atoms with E-state index < -0.39 is 28.8 Å². The summed E-state index contributed by atoms with van der Waals surface area (Å²) in [6, 6.07) is 16.7. The molecule has 1 aliphatic carbocycles. The quantitative estimate of drug-likeness (QED) is 0.132. The number of rotatable bonds is 12. The molecule has 3 heterocycles. The number of hydrogen-bond donors (Lipinski definition) is 4. The van der Waals surface area contributed by atoms with Crippen molar-refractivity contribution in [2.24, 2.45) is 0 Å². The number of thiol groups is 1. The van der Waals surface area contributed by atoms with E-state index in [-0.39, 0.29) is 53.5 Å². The first kappa shape index (κ1) is 41.3. The lowest BCUT2D eigenvalue weighted by molar-refractivity contribution is -0.133. The Labute approximate surface area is 348 Å². The summed E-state index contributed by atoms with van der Waals surface area (Å²) >= 11 is 11.3. The summed E-state index contributed by atoms with van der Waals surface area (Å²) in [4.78, 5) is 58.7. The minimum absolute atomic E-state index is 0.00971. The summed E-state index contributed by atoms with van der Waals surface area (Å²) < 4.78 is 21.2.